The molecule has 2 atom stereocenters. The van der Waals surface area contributed by atoms with Crippen LogP contribution in [0, 0.1) is 0 Å². The third-order valence-electron chi connectivity index (χ3n) is 3.07. The second kappa shape index (κ2) is 6.97. The van der Waals surface area contributed by atoms with Gasteiger partial charge in [-0.1, -0.05) is 12.1 Å². The average Bonchev–Trinajstić information content (AvgIpc) is 2.46. The normalized spacial score (nSPS) is 18.5. The number of ether oxygens (including phenoxy) is 2. The molecular formula is C14H20N2O5S. The van der Waals surface area contributed by atoms with Gasteiger partial charge in [0.1, 0.15) is 18.5 Å². The molecule has 0 spiro atoms. The lowest BCUT2D eigenvalue weighted by atomic mass is 10.3. The van der Waals surface area contributed by atoms with E-state index < -0.39 is 22.2 Å². The molecule has 1 aliphatic heterocycles. The van der Waals surface area contributed by atoms with E-state index in [2.05, 4.69) is 10.0 Å². The van der Waals surface area contributed by atoms with Crippen molar-refractivity contribution in [2.75, 3.05) is 18.9 Å². The third-order valence-corrected chi connectivity index (χ3v) is 4.60. The number of hydrogen-bond acceptors (Lipinski definition) is 5. The molecule has 2 N–H and O–H groups in total. The lowest BCUT2D eigenvalue weighted by molar-refractivity contribution is -0.122. The SMILES string of the molecule is CCNC(=O)[C@H](C)NS(=O)(=O)C[C@@H]1COc2ccccc2O1. The van der Waals surface area contributed by atoms with Crippen molar-refractivity contribution in [2.45, 2.75) is 26.0 Å². The van der Waals surface area contributed by atoms with Gasteiger partial charge in [-0.3, -0.25) is 4.79 Å². The quantitative estimate of drug-likeness (QED) is 0.782. The lowest BCUT2D eigenvalue weighted by Gasteiger charge is -2.26. The minimum atomic E-state index is -3.66. The topological polar surface area (TPSA) is 93.7 Å². The standard InChI is InChI=1S/C14H20N2O5S/c1-3-15-14(17)10(2)16-22(18,19)9-11-8-20-12-6-4-5-7-13(12)21-11/h4-7,10-11,16H,3,8-9H2,1-2H3,(H,15,17)/t10-,11-/m0/s1. The van der Waals surface area contributed by atoms with Crippen molar-refractivity contribution in [3.05, 3.63) is 24.3 Å². The molecule has 0 aromatic heterocycles. The fourth-order valence-electron chi connectivity index (χ4n) is 2.09. The van der Waals surface area contributed by atoms with Crippen molar-refractivity contribution in [3.63, 3.8) is 0 Å². The monoisotopic (exact) mass is 328 g/mol. The minimum absolute atomic E-state index is 0.146. The molecule has 0 saturated heterocycles. The van der Waals surface area contributed by atoms with E-state index in [1.165, 1.54) is 6.92 Å². The van der Waals surface area contributed by atoms with Gasteiger partial charge in [-0.05, 0) is 26.0 Å². The molecule has 0 radical (unpaired) electrons. The fraction of sp³-hybridized carbons (Fsp3) is 0.500. The maximum atomic E-state index is 12.1. The van der Waals surface area contributed by atoms with Crippen molar-refractivity contribution in [2.24, 2.45) is 0 Å². The molecule has 2 rings (SSSR count). The van der Waals surface area contributed by atoms with Crippen LogP contribution in [0.2, 0.25) is 0 Å². The summed E-state index contributed by atoms with van der Waals surface area (Å²) in [5.41, 5.74) is 0. The Morgan fingerprint density at radius 1 is 1.36 bits per heavy atom. The maximum Gasteiger partial charge on any atom is 0.237 e. The minimum Gasteiger partial charge on any atom is -0.486 e. The molecule has 0 unspecified atom stereocenters. The maximum absolute atomic E-state index is 12.1. The Morgan fingerprint density at radius 3 is 2.73 bits per heavy atom. The van der Waals surface area contributed by atoms with Crippen LogP contribution in [0.5, 0.6) is 11.5 Å². The Labute approximate surface area is 130 Å². The zero-order valence-electron chi connectivity index (χ0n) is 12.5. The van der Waals surface area contributed by atoms with E-state index in [4.69, 9.17) is 9.47 Å². The summed E-state index contributed by atoms with van der Waals surface area (Å²) < 4.78 is 37.6. The summed E-state index contributed by atoms with van der Waals surface area (Å²) in [7, 11) is -3.66. The molecule has 22 heavy (non-hydrogen) atoms. The number of sulfonamides is 1. The van der Waals surface area contributed by atoms with Crippen LogP contribution in [0.1, 0.15) is 13.8 Å². The first-order valence-electron chi connectivity index (χ1n) is 7.07. The molecule has 1 aromatic rings. The number of para-hydroxylation sites is 2. The highest BCUT2D eigenvalue weighted by Gasteiger charge is 2.28. The van der Waals surface area contributed by atoms with Crippen LogP contribution in [-0.2, 0) is 14.8 Å². The predicted molar refractivity (Wildman–Crippen MR) is 81.4 cm³/mol. The number of rotatable bonds is 6. The van der Waals surface area contributed by atoms with Gasteiger partial charge in [-0.25, -0.2) is 13.1 Å². The van der Waals surface area contributed by atoms with E-state index in [9.17, 15) is 13.2 Å². The Hall–Kier alpha value is -1.80. The van der Waals surface area contributed by atoms with E-state index in [1.807, 2.05) is 6.07 Å². The second-order valence-electron chi connectivity index (χ2n) is 5.01. The van der Waals surface area contributed by atoms with Gasteiger partial charge >= 0.3 is 0 Å². The smallest absolute Gasteiger partial charge is 0.237 e. The van der Waals surface area contributed by atoms with Crippen molar-refractivity contribution in [1.29, 1.82) is 0 Å². The van der Waals surface area contributed by atoms with Gasteiger partial charge in [0.05, 0.1) is 6.04 Å². The zero-order valence-corrected chi connectivity index (χ0v) is 13.4. The summed E-state index contributed by atoms with van der Waals surface area (Å²) in [4.78, 5) is 11.6. The zero-order chi connectivity index (χ0) is 16.2. The van der Waals surface area contributed by atoms with Crippen molar-refractivity contribution in [3.8, 4) is 11.5 Å². The number of amides is 1. The van der Waals surface area contributed by atoms with Crippen LogP contribution in [0.4, 0.5) is 0 Å². The second-order valence-corrected chi connectivity index (χ2v) is 6.81. The molecule has 0 aliphatic carbocycles. The molecule has 1 aromatic carbocycles. The number of hydrogen-bond donors (Lipinski definition) is 2. The molecule has 7 nitrogen and oxygen atoms in total. The summed E-state index contributed by atoms with van der Waals surface area (Å²) in [6.45, 7) is 3.86. The van der Waals surface area contributed by atoms with E-state index in [1.54, 1.807) is 25.1 Å². The van der Waals surface area contributed by atoms with Gasteiger partial charge in [0, 0.05) is 6.54 Å². The van der Waals surface area contributed by atoms with Crippen LogP contribution in [0.25, 0.3) is 0 Å². The molecule has 1 heterocycles. The number of nitrogens with one attached hydrogen (secondary N) is 2. The van der Waals surface area contributed by atoms with Crippen molar-refractivity contribution in [1.82, 2.24) is 10.0 Å². The Bertz CT molecular complexity index is 632. The molecule has 0 bridgehead atoms. The number of carbonyl (C=O) groups excluding carboxylic acids is 1. The van der Waals surface area contributed by atoms with Gasteiger partial charge < -0.3 is 14.8 Å². The highest BCUT2D eigenvalue weighted by atomic mass is 32.2. The summed E-state index contributed by atoms with van der Waals surface area (Å²) in [5, 5.41) is 2.56. The number of carbonyl (C=O) groups is 1. The number of fused-ring (bicyclic) bond motifs is 1. The average molecular weight is 328 g/mol. The molecule has 122 valence electrons. The summed E-state index contributed by atoms with van der Waals surface area (Å²) in [6, 6.07) is 6.25. The van der Waals surface area contributed by atoms with E-state index in [0.717, 1.165) is 0 Å². The molecule has 0 fully saturated rings. The Morgan fingerprint density at radius 2 is 2.05 bits per heavy atom. The largest absolute Gasteiger partial charge is 0.486 e. The molecule has 1 aliphatic rings. The first kappa shape index (κ1) is 16.6. The van der Waals surface area contributed by atoms with Crippen molar-refractivity contribution < 1.29 is 22.7 Å². The molecule has 1 amide bonds. The van der Waals surface area contributed by atoms with Gasteiger partial charge in [0.25, 0.3) is 0 Å². The Balaban J connectivity index is 1.94. The van der Waals surface area contributed by atoms with Crippen LogP contribution in [0.15, 0.2) is 24.3 Å². The van der Waals surface area contributed by atoms with Crippen molar-refractivity contribution >= 4 is 15.9 Å². The number of benzene rings is 1. The molecule has 0 saturated carbocycles. The number of likely N-dealkylation sites (N-methyl/N-ethyl adjacent to an activating group) is 1. The third kappa shape index (κ3) is 4.35. The first-order chi connectivity index (χ1) is 10.4. The summed E-state index contributed by atoms with van der Waals surface area (Å²) >= 11 is 0. The van der Waals surface area contributed by atoms with Gasteiger partial charge in [0.2, 0.25) is 15.9 Å². The predicted octanol–water partition coefficient (Wildman–Crippen LogP) is 0.270. The van der Waals surface area contributed by atoms with E-state index >= 15 is 0 Å². The fourth-order valence-corrected chi connectivity index (χ4v) is 3.48. The van der Waals surface area contributed by atoms with E-state index in [-0.39, 0.29) is 18.3 Å². The summed E-state index contributed by atoms with van der Waals surface area (Å²) in [6.07, 6.45) is -0.617. The highest BCUT2D eigenvalue weighted by molar-refractivity contribution is 7.89. The van der Waals surface area contributed by atoms with Gasteiger partial charge in [-0.15, -0.1) is 0 Å². The van der Waals surface area contributed by atoms with Crippen LogP contribution >= 0.6 is 0 Å². The Kier molecular flexibility index (Phi) is 5.25. The van der Waals surface area contributed by atoms with E-state index in [0.29, 0.717) is 18.0 Å². The highest BCUT2D eigenvalue weighted by Crippen LogP contribution is 2.31. The first-order valence-corrected chi connectivity index (χ1v) is 8.72. The van der Waals surface area contributed by atoms with Crippen LogP contribution in [0.3, 0.4) is 0 Å². The molecular weight excluding hydrogens is 308 g/mol. The molecule has 8 heteroatoms. The van der Waals surface area contributed by atoms with Crippen LogP contribution < -0.4 is 19.5 Å². The lowest BCUT2D eigenvalue weighted by Crippen LogP contribution is -2.48. The van der Waals surface area contributed by atoms with Gasteiger partial charge in [-0.2, -0.15) is 0 Å². The summed E-state index contributed by atoms with van der Waals surface area (Å²) in [5.74, 6) is 0.480. The van der Waals surface area contributed by atoms with Crippen LogP contribution in [-0.4, -0.2) is 45.4 Å². The van der Waals surface area contributed by atoms with Gasteiger partial charge in [0.15, 0.2) is 11.5 Å².